The van der Waals surface area contributed by atoms with E-state index >= 15 is 0 Å². The molecule has 5 rings (SSSR count). The Kier molecular flexibility index (Phi) is 6.96. The molecule has 3 saturated heterocycles. The molecule has 33 heavy (non-hydrogen) atoms. The summed E-state index contributed by atoms with van der Waals surface area (Å²) in [7, 11) is 1.66. The van der Waals surface area contributed by atoms with Crippen molar-refractivity contribution in [3.05, 3.63) is 54.1 Å². The Bertz CT molecular complexity index is 934. The third-order valence-electron chi connectivity index (χ3n) is 7.22. The highest BCUT2D eigenvalue weighted by molar-refractivity contribution is 5.76. The number of ether oxygens (including phenoxy) is 2. The Labute approximate surface area is 197 Å². The molecule has 1 unspecified atom stereocenters. The highest BCUT2D eigenvalue weighted by atomic mass is 16.5. The summed E-state index contributed by atoms with van der Waals surface area (Å²) in [6.45, 7) is 10.7. The number of amides is 2. The van der Waals surface area contributed by atoms with Crippen LogP contribution in [0.1, 0.15) is 39.2 Å². The van der Waals surface area contributed by atoms with Crippen LogP contribution in [0.5, 0.6) is 5.75 Å². The Morgan fingerprint density at radius 3 is 2.18 bits per heavy atom. The molecule has 0 aromatic heterocycles. The van der Waals surface area contributed by atoms with Gasteiger partial charge in [-0.25, -0.2) is 4.79 Å². The van der Waals surface area contributed by atoms with E-state index in [4.69, 9.17) is 9.47 Å². The third-order valence-corrected chi connectivity index (χ3v) is 7.22. The van der Waals surface area contributed by atoms with Gasteiger partial charge in [-0.05, 0) is 81.4 Å². The molecule has 6 nitrogen and oxygen atoms in total. The quantitative estimate of drug-likeness (QED) is 0.584. The predicted molar refractivity (Wildman–Crippen MR) is 132 cm³/mol. The summed E-state index contributed by atoms with van der Waals surface area (Å²) in [6.07, 6.45) is 2.34. The van der Waals surface area contributed by atoms with E-state index in [1.54, 1.807) is 7.11 Å². The van der Waals surface area contributed by atoms with Gasteiger partial charge in [0.15, 0.2) is 0 Å². The molecular formula is C27H37N3O3. The van der Waals surface area contributed by atoms with E-state index in [2.05, 4.69) is 58.9 Å². The maximum Gasteiger partial charge on any atom is 0.315 e. The van der Waals surface area contributed by atoms with Gasteiger partial charge in [0.05, 0.1) is 17.7 Å². The van der Waals surface area contributed by atoms with Crippen LogP contribution in [-0.2, 0) is 10.3 Å². The minimum Gasteiger partial charge on any atom is -0.491 e. The summed E-state index contributed by atoms with van der Waals surface area (Å²) in [5.41, 5.74) is 2.69. The Hall–Kier alpha value is -2.57. The van der Waals surface area contributed by atoms with Gasteiger partial charge in [0.1, 0.15) is 12.4 Å². The molecule has 2 aromatic rings. The van der Waals surface area contributed by atoms with E-state index in [1.165, 1.54) is 12.8 Å². The largest absolute Gasteiger partial charge is 0.491 e. The van der Waals surface area contributed by atoms with E-state index in [0.717, 1.165) is 42.1 Å². The van der Waals surface area contributed by atoms with Crippen molar-refractivity contribution in [2.75, 3.05) is 40.0 Å². The second-order valence-corrected chi connectivity index (χ2v) is 10.1. The number of rotatable bonds is 8. The van der Waals surface area contributed by atoms with Crippen LogP contribution in [0.25, 0.3) is 11.1 Å². The molecule has 3 aliphatic heterocycles. The lowest BCUT2D eigenvalue weighted by molar-refractivity contribution is 0.0224. The highest BCUT2D eigenvalue weighted by Gasteiger charge is 2.44. The lowest BCUT2D eigenvalue weighted by atomic mass is 9.74. The summed E-state index contributed by atoms with van der Waals surface area (Å²) >= 11 is 0. The van der Waals surface area contributed by atoms with E-state index in [9.17, 15) is 4.79 Å². The average Bonchev–Trinajstić information content (AvgIpc) is 2.79. The monoisotopic (exact) mass is 451 g/mol. The number of carbonyl (C=O) groups excluding carboxylic acids is 1. The zero-order valence-electron chi connectivity index (χ0n) is 20.3. The van der Waals surface area contributed by atoms with Crippen LogP contribution < -0.4 is 15.4 Å². The van der Waals surface area contributed by atoms with Gasteiger partial charge in [0, 0.05) is 13.7 Å². The van der Waals surface area contributed by atoms with Crippen molar-refractivity contribution in [3.63, 3.8) is 0 Å². The van der Waals surface area contributed by atoms with Crippen molar-refractivity contribution >= 4 is 6.03 Å². The maximum atomic E-state index is 12.9. The first-order chi connectivity index (χ1) is 15.8. The van der Waals surface area contributed by atoms with E-state index < -0.39 is 5.54 Å². The maximum absolute atomic E-state index is 12.9. The van der Waals surface area contributed by atoms with Crippen LogP contribution in [0, 0.1) is 5.92 Å². The van der Waals surface area contributed by atoms with Gasteiger partial charge < -0.3 is 25.0 Å². The molecule has 0 radical (unpaired) electrons. The first-order valence-electron chi connectivity index (χ1n) is 11.9. The molecule has 3 heterocycles. The SMILES string of the molecule is COCCOc1ccc(-c2ccc(C(C)(C)NC(=O)NC3(C)CN4CCC3CC4)cc2)cc1. The topological polar surface area (TPSA) is 62.8 Å². The van der Waals surface area contributed by atoms with Crippen molar-refractivity contribution < 1.29 is 14.3 Å². The molecule has 3 fully saturated rings. The molecule has 2 N–H and O–H groups in total. The van der Waals surface area contributed by atoms with Gasteiger partial charge in [-0.15, -0.1) is 0 Å². The zero-order valence-corrected chi connectivity index (χ0v) is 20.3. The third kappa shape index (κ3) is 5.50. The molecule has 6 heteroatoms. The number of nitrogens with one attached hydrogen (secondary N) is 2. The lowest BCUT2D eigenvalue weighted by Crippen LogP contribution is -2.67. The van der Waals surface area contributed by atoms with E-state index in [1.807, 2.05) is 26.0 Å². The van der Waals surface area contributed by atoms with E-state index in [-0.39, 0.29) is 11.6 Å². The van der Waals surface area contributed by atoms with Crippen molar-refractivity contribution in [1.29, 1.82) is 0 Å². The number of carbonyl (C=O) groups is 1. The first-order valence-corrected chi connectivity index (χ1v) is 11.9. The molecule has 2 amide bonds. The molecule has 3 aliphatic rings. The van der Waals surface area contributed by atoms with Crippen LogP contribution in [0.2, 0.25) is 0 Å². The van der Waals surface area contributed by atoms with Crippen molar-refractivity contribution in [2.45, 2.75) is 44.7 Å². The van der Waals surface area contributed by atoms with Gasteiger partial charge >= 0.3 is 6.03 Å². The van der Waals surface area contributed by atoms with Crippen LogP contribution in [0.3, 0.4) is 0 Å². The van der Waals surface area contributed by atoms with Crippen molar-refractivity contribution in [1.82, 2.24) is 15.5 Å². The fraction of sp³-hybridized carbons (Fsp3) is 0.519. The number of methoxy groups -OCH3 is 1. The number of hydrogen-bond donors (Lipinski definition) is 2. The van der Waals surface area contributed by atoms with Gasteiger partial charge in [-0.2, -0.15) is 0 Å². The number of benzene rings is 2. The zero-order chi connectivity index (χ0) is 23.5. The molecule has 2 bridgehead atoms. The van der Waals surface area contributed by atoms with E-state index in [0.29, 0.717) is 19.1 Å². The van der Waals surface area contributed by atoms with Crippen molar-refractivity contribution in [2.24, 2.45) is 5.92 Å². The minimum atomic E-state index is -0.480. The molecular weight excluding hydrogens is 414 g/mol. The lowest BCUT2D eigenvalue weighted by Gasteiger charge is -2.52. The summed E-state index contributed by atoms with van der Waals surface area (Å²) < 4.78 is 10.7. The van der Waals surface area contributed by atoms with Crippen LogP contribution in [0.4, 0.5) is 4.79 Å². The van der Waals surface area contributed by atoms with Gasteiger partial charge in [0.25, 0.3) is 0 Å². The minimum absolute atomic E-state index is 0.0932. The second-order valence-electron chi connectivity index (χ2n) is 10.1. The molecule has 2 aromatic carbocycles. The standard InChI is InChI=1S/C27H37N3O3/c1-26(2,28-25(31)29-27(3)19-30-15-13-23(27)14-16-30)22-9-5-20(6-10-22)21-7-11-24(12-8-21)33-18-17-32-4/h5-12,23H,13-19H2,1-4H3,(H2,28,29,31). The summed E-state index contributed by atoms with van der Waals surface area (Å²) in [4.78, 5) is 15.4. The highest BCUT2D eigenvalue weighted by Crippen LogP contribution is 2.35. The Balaban J connectivity index is 1.36. The summed E-state index contributed by atoms with van der Waals surface area (Å²) in [6, 6.07) is 16.4. The number of fused-ring (bicyclic) bond motifs is 3. The average molecular weight is 452 g/mol. The van der Waals surface area contributed by atoms with Gasteiger partial charge in [0.2, 0.25) is 0 Å². The molecule has 0 aliphatic carbocycles. The normalized spacial score (nSPS) is 24.4. The number of urea groups is 1. The van der Waals surface area contributed by atoms with Gasteiger partial charge in [-0.1, -0.05) is 36.4 Å². The Morgan fingerprint density at radius 2 is 1.64 bits per heavy atom. The predicted octanol–water partition coefficient (Wildman–Crippen LogP) is 4.40. The molecule has 1 atom stereocenters. The van der Waals surface area contributed by atoms with Gasteiger partial charge in [-0.3, -0.25) is 0 Å². The fourth-order valence-electron chi connectivity index (χ4n) is 5.18. The van der Waals surface area contributed by atoms with Crippen LogP contribution in [0.15, 0.2) is 48.5 Å². The van der Waals surface area contributed by atoms with Crippen LogP contribution in [-0.4, -0.2) is 56.4 Å². The fourth-order valence-corrected chi connectivity index (χ4v) is 5.18. The molecule has 178 valence electrons. The molecule has 0 spiro atoms. The number of piperidine rings is 3. The smallest absolute Gasteiger partial charge is 0.315 e. The second kappa shape index (κ2) is 9.74. The molecule has 0 saturated carbocycles. The van der Waals surface area contributed by atoms with Crippen molar-refractivity contribution in [3.8, 4) is 16.9 Å². The Morgan fingerprint density at radius 1 is 1.03 bits per heavy atom. The summed E-state index contributed by atoms with van der Waals surface area (Å²) in [5, 5.41) is 6.50. The van der Waals surface area contributed by atoms with Crippen LogP contribution >= 0.6 is 0 Å². The summed E-state index contributed by atoms with van der Waals surface area (Å²) in [5.74, 6) is 1.40. The number of hydrogen-bond acceptors (Lipinski definition) is 4. The first kappa shape index (κ1) is 23.6. The number of nitrogens with zero attached hydrogens (tertiary/aromatic N) is 1.